The predicted octanol–water partition coefficient (Wildman–Crippen LogP) is 3.70. The Morgan fingerprint density at radius 3 is 2.40 bits per heavy atom. The summed E-state index contributed by atoms with van der Waals surface area (Å²) in [4.78, 5) is 0. The second kappa shape index (κ2) is 6.60. The molecule has 0 saturated carbocycles. The molecule has 0 rings (SSSR count). The summed E-state index contributed by atoms with van der Waals surface area (Å²) >= 11 is 0. The average Bonchev–Trinajstić information content (AvgIpc) is 1.98. The number of hydrogen-bond donors (Lipinski definition) is 0. The largest absolute Gasteiger partial charge is 0.0885 e. The maximum atomic E-state index is 2.28. The van der Waals surface area contributed by atoms with Crippen LogP contribution in [0.2, 0.25) is 0 Å². The molecule has 0 aliphatic rings. The average molecular weight is 138 g/mol. The first-order valence-corrected chi connectivity index (χ1v) is 4.11. The molecule has 0 aliphatic heterocycles. The van der Waals surface area contributed by atoms with E-state index in [0.29, 0.717) is 0 Å². The van der Waals surface area contributed by atoms with Crippen LogP contribution in [0, 0.1) is 0 Å². The topological polar surface area (TPSA) is 0 Å². The molecule has 0 nitrogen and oxygen atoms in total. The molecule has 10 heavy (non-hydrogen) atoms. The predicted molar refractivity (Wildman–Crippen MR) is 48.1 cm³/mol. The third-order valence-corrected chi connectivity index (χ3v) is 1.56. The maximum Gasteiger partial charge on any atom is -0.0167 e. The zero-order valence-electron chi connectivity index (χ0n) is 7.35. The van der Waals surface area contributed by atoms with Gasteiger partial charge in [-0.3, -0.25) is 0 Å². The van der Waals surface area contributed by atoms with E-state index in [1.165, 1.54) is 12.0 Å². The summed E-state index contributed by atoms with van der Waals surface area (Å²) in [5.74, 6) is 0. The number of rotatable bonds is 4. The van der Waals surface area contributed by atoms with E-state index in [0.717, 1.165) is 12.8 Å². The Kier molecular flexibility index (Phi) is 6.25. The van der Waals surface area contributed by atoms with Gasteiger partial charge in [-0.15, -0.1) is 0 Å². The first-order chi connectivity index (χ1) is 4.81. The van der Waals surface area contributed by atoms with Gasteiger partial charge in [-0.25, -0.2) is 0 Å². The normalized spacial score (nSPS) is 12.9. The molecule has 58 valence electrons. The Hall–Kier alpha value is -0.520. The summed E-state index contributed by atoms with van der Waals surface area (Å²) in [5.41, 5.74) is 1.49. The van der Waals surface area contributed by atoms with Crippen molar-refractivity contribution in [1.29, 1.82) is 0 Å². The molecule has 0 amide bonds. The van der Waals surface area contributed by atoms with Crippen LogP contribution in [-0.4, -0.2) is 0 Å². The van der Waals surface area contributed by atoms with Crippen molar-refractivity contribution in [3.05, 3.63) is 23.8 Å². The zero-order chi connectivity index (χ0) is 7.82. The summed E-state index contributed by atoms with van der Waals surface area (Å²) in [5, 5.41) is 0. The first kappa shape index (κ1) is 9.48. The van der Waals surface area contributed by atoms with Crippen LogP contribution in [0.25, 0.3) is 0 Å². The highest BCUT2D eigenvalue weighted by Crippen LogP contribution is 2.00. The Balaban J connectivity index is 3.42. The summed E-state index contributed by atoms with van der Waals surface area (Å²) in [6, 6.07) is 0. The lowest BCUT2D eigenvalue weighted by molar-refractivity contribution is 1.07. The summed E-state index contributed by atoms with van der Waals surface area (Å²) in [6.45, 7) is 6.53. The van der Waals surface area contributed by atoms with Crippen LogP contribution in [0.4, 0.5) is 0 Å². The second-order valence-electron chi connectivity index (χ2n) is 2.52. The minimum atomic E-state index is 1.10. The fourth-order valence-electron chi connectivity index (χ4n) is 0.676. The lowest BCUT2D eigenvalue weighted by Gasteiger charge is -1.90. The standard InChI is InChI=1S/C10H18/c1-4-6-7-8-9-10(3)5-2/h6-7,9H,4-5,8H2,1-3H3. The minimum absolute atomic E-state index is 1.10. The Morgan fingerprint density at radius 1 is 1.20 bits per heavy atom. The van der Waals surface area contributed by atoms with Gasteiger partial charge >= 0.3 is 0 Å². The fourth-order valence-corrected chi connectivity index (χ4v) is 0.676. The minimum Gasteiger partial charge on any atom is -0.0885 e. The molecular weight excluding hydrogens is 120 g/mol. The van der Waals surface area contributed by atoms with Gasteiger partial charge in [-0.2, -0.15) is 0 Å². The van der Waals surface area contributed by atoms with Gasteiger partial charge in [0.2, 0.25) is 0 Å². The number of allylic oxidation sites excluding steroid dienone is 4. The van der Waals surface area contributed by atoms with E-state index in [1.54, 1.807) is 0 Å². The summed E-state index contributed by atoms with van der Waals surface area (Å²) in [6.07, 6.45) is 10.2. The molecule has 0 unspecified atom stereocenters. The van der Waals surface area contributed by atoms with Crippen molar-refractivity contribution in [2.75, 3.05) is 0 Å². The lowest BCUT2D eigenvalue weighted by Crippen LogP contribution is -1.69. The van der Waals surface area contributed by atoms with Crippen molar-refractivity contribution >= 4 is 0 Å². The van der Waals surface area contributed by atoms with Crippen LogP contribution in [-0.2, 0) is 0 Å². The van der Waals surface area contributed by atoms with E-state index in [4.69, 9.17) is 0 Å². The SMILES string of the molecule is CCC=CCC=C(C)CC. The first-order valence-electron chi connectivity index (χ1n) is 4.11. The van der Waals surface area contributed by atoms with Crippen molar-refractivity contribution in [2.45, 2.75) is 40.0 Å². The van der Waals surface area contributed by atoms with E-state index in [-0.39, 0.29) is 0 Å². The van der Waals surface area contributed by atoms with Gasteiger partial charge in [0.25, 0.3) is 0 Å². The quantitative estimate of drug-likeness (QED) is 0.520. The van der Waals surface area contributed by atoms with Gasteiger partial charge in [0.15, 0.2) is 0 Å². The molecule has 0 aromatic rings. The fraction of sp³-hybridized carbons (Fsp3) is 0.600. The molecule has 0 heterocycles. The van der Waals surface area contributed by atoms with Gasteiger partial charge in [0.05, 0.1) is 0 Å². The molecule has 0 aliphatic carbocycles. The van der Waals surface area contributed by atoms with Crippen LogP contribution in [0.3, 0.4) is 0 Å². The smallest absolute Gasteiger partial charge is 0.0167 e. The Morgan fingerprint density at radius 2 is 1.90 bits per heavy atom. The molecule has 0 radical (unpaired) electrons. The van der Waals surface area contributed by atoms with Gasteiger partial charge < -0.3 is 0 Å². The highest BCUT2D eigenvalue weighted by atomic mass is 13.9. The van der Waals surface area contributed by atoms with Crippen LogP contribution in [0.5, 0.6) is 0 Å². The van der Waals surface area contributed by atoms with Crippen molar-refractivity contribution in [2.24, 2.45) is 0 Å². The molecule has 0 heteroatoms. The summed E-state index contributed by atoms with van der Waals surface area (Å²) < 4.78 is 0. The molecule has 0 aromatic carbocycles. The molecule has 0 fully saturated rings. The monoisotopic (exact) mass is 138 g/mol. The Bertz CT molecular complexity index is 118. The maximum absolute atomic E-state index is 2.28. The van der Waals surface area contributed by atoms with Crippen LogP contribution >= 0.6 is 0 Å². The van der Waals surface area contributed by atoms with Gasteiger partial charge in [0, 0.05) is 0 Å². The molecule has 0 aromatic heterocycles. The summed E-state index contributed by atoms with van der Waals surface area (Å²) in [7, 11) is 0. The lowest BCUT2D eigenvalue weighted by atomic mass is 10.2. The van der Waals surface area contributed by atoms with Gasteiger partial charge in [0.1, 0.15) is 0 Å². The van der Waals surface area contributed by atoms with Crippen molar-refractivity contribution in [1.82, 2.24) is 0 Å². The van der Waals surface area contributed by atoms with Gasteiger partial charge in [-0.1, -0.05) is 37.6 Å². The van der Waals surface area contributed by atoms with Crippen molar-refractivity contribution in [3.8, 4) is 0 Å². The van der Waals surface area contributed by atoms with Crippen LogP contribution in [0.1, 0.15) is 40.0 Å². The van der Waals surface area contributed by atoms with E-state index >= 15 is 0 Å². The molecule has 0 spiro atoms. The van der Waals surface area contributed by atoms with Crippen LogP contribution < -0.4 is 0 Å². The van der Waals surface area contributed by atoms with E-state index in [2.05, 4.69) is 39.0 Å². The van der Waals surface area contributed by atoms with E-state index < -0.39 is 0 Å². The number of hydrogen-bond acceptors (Lipinski definition) is 0. The molecule has 0 N–H and O–H groups in total. The highest BCUT2D eigenvalue weighted by Gasteiger charge is 1.79. The highest BCUT2D eigenvalue weighted by molar-refractivity contribution is 5.01. The second-order valence-corrected chi connectivity index (χ2v) is 2.52. The molecular formula is C10H18. The molecule has 0 bridgehead atoms. The third kappa shape index (κ3) is 5.61. The van der Waals surface area contributed by atoms with E-state index in [9.17, 15) is 0 Å². The molecule has 0 saturated heterocycles. The Labute approximate surface area is 64.6 Å². The van der Waals surface area contributed by atoms with Gasteiger partial charge in [-0.05, 0) is 26.2 Å². The van der Waals surface area contributed by atoms with Crippen LogP contribution in [0.15, 0.2) is 23.8 Å². The molecule has 0 atom stereocenters. The zero-order valence-corrected chi connectivity index (χ0v) is 7.35. The van der Waals surface area contributed by atoms with Crippen molar-refractivity contribution in [3.63, 3.8) is 0 Å². The third-order valence-electron chi connectivity index (χ3n) is 1.56. The van der Waals surface area contributed by atoms with E-state index in [1.807, 2.05) is 0 Å². The van der Waals surface area contributed by atoms with Crippen molar-refractivity contribution < 1.29 is 0 Å².